The Hall–Kier alpha value is -2.89. The number of aromatic nitrogens is 1. The molecule has 5 rings (SSSR count). The topological polar surface area (TPSA) is 15.8 Å². The fraction of sp³-hybridized carbons (Fsp3) is 0.172. The van der Waals surface area contributed by atoms with Crippen molar-refractivity contribution in [2.75, 3.05) is 0 Å². The van der Waals surface area contributed by atoms with Gasteiger partial charge in [-0.25, -0.2) is 0 Å². The molecule has 2 heteroatoms. The predicted molar refractivity (Wildman–Crippen MR) is 140 cm³/mol. The lowest BCUT2D eigenvalue weighted by Gasteiger charge is -2.12. The Kier molecular flexibility index (Phi) is 4.76. The summed E-state index contributed by atoms with van der Waals surface area (Å²) < 4.78 is 0. The highest BCUT2D eigenvalue weighted by molar-refractivity contribution is 7.28. The van der Waals surface area contributed by atoms with E-state index in [1.165, 1.54) is 77.2 Å². The number of hydrogen-bond acceptors (Lipinski definition) is 0. The first-order chi connectivity index (χ1) is 14.8. The summed E-state index contributed by atoms with van der Waals surface area (Å²) in [6, 6.07) is 22.7. The number of fused-ring (bicyclic) bond motifs is 3. The first kappa shape index (κ1) is 20.0. The molecule has 1 nitrogen and oxygen atoms in total. The smallest absolute Gasteiger partial charge is 0.0465 e. The number of benzene rings is 4. The molecule has 0 spiro atoms. The van der Waals surface area contributed by atoms with Crippen LogP contribution in [0.4, 0.5) is 0 Å². The van der Waals surface area contributed by atoms with Crippen LogP contribution in [0.25, 0.3) is 44.1 Å². The Morgan fingerprint density at radius 1 is 0.548 bits per heavy atom. The van der Waals surface area contributed by atoms with E-state index < -0.39 is 0 Å². The molecule has 0 aliphatic rings. The van der Waals surface area contributed by atoms with Crippen molar-refractivity contribution < 1.29 is 0 Å². The SMILES string of the molecule is Cc1cc(C)c(-c2ccc3[nH]c4ccc(-c5c(C)cc(C)cc5P)cc4c3c2)c(C)c1. The Bertz CT molecular complexity index is 1330. The van der Waals surface area contributed by atoms with Crippen molar-refractivity contribution in [1.29, 1.82) is 0 Å². The highest BCUT2D eigenvalue weighted by Gasteiger charge is 2.13. The maximum absolute atomic E-state index is 3.61. The molecule has 1 heterocycles. The van der Waals surface area contributed by atoms with Crippen LogP contribution >= 0.6 is 9.24 Å². The minimum atomic E-state index is 1.18. The number of hydrogen-bond donors (Lipinski definition) is 1. The van der Waals surface area contributed by atoms with E-state index in [1.54, 1.807) is 0 Å². The molecule has 0 bridgehead atoms. The van der Waals surface area contributed by atoms with Gasteiger partial charge in [0.25, 0.3) is 0 Å². The lowest BCUT2D eigenvalue weighted by molar-refractivity contribution is 1.32. The Morgan fingerprint density at radius 2 is 1.00 bits per heavy atom. The summed E-state index contributed by atoms with van der Waals surface area (Å²) in [6.45, 7) is 11.0. The van der Waals surface area contributed by atoms with Crippen LogP contribution in [-0.4, -0.2) is 4.98 Å². The van der Waals surface area contributed by atoms with E-state index in [0.29, 0.717) is 0 Å². The highest BCUT2D eigenvalue weighted by atomic mass is 31.0. The molecular formula is C29H28NP. The zero-order valence-electron chi connectivity index (χ0n) is 18.9. The molecule has 1 N–H and O–H groups in total. The summed E-state index contributed by atoms with van der Waals surface area (Å²) in [6.07, 6.45) is 0. The van der Waals surface area contributed by atoms with E-state index in [2.05, 4.69) is 110 Å². The van der Waals surface area contributed by atoms with E-state index >= 15 is 0 Å². The van der Waals surface area contributed by atoms with Gasteiger partial charge in [0.1, 0.15) is 0 Å². The van der Waals surface area contributed by atoms with Gasteiger partial charge in [0.2, 0.25) is 0 Å². The first-order valence-electron chi connectivity index (χ1n) is 10.8. The number of H-pyrrole nitrogens is 1. The molecule has 1 atom stereocenters. The molecule has 31 heavy (non-hydrogen) atoms. The Labute approximate surface area is 186 Å². The molecule has 0 aliphatic heterocycles. The second kappa shape index (κ2) is 7.36. The molecule has 0 amide bonds. The zero-order valence-corrected chi connectivity index (χ0v) is 20.0. The number of aromatic amines is 1. The van der Waals surface area contributed by atoms with Gasteiger partial charge >= 0.3 is 0 Å². The van der Waals surface area contributed by atoms with Crippen molar-refractivity contribution in [1.82, 2.24) is 4.98 Å². The molecule has 0 saturated heterocycles. The van der Waals surface area contributed by atoms with Gasteiger partial charge in [-0.05, 0) is 103 Å². The Morgan fingerprint density at radius 3 is 1.52 bits per heavy atom. The second-order valence-electron chi connectivity index (χ2n) is 8.97. The molecule has 0 radical (unpaired) electrons. The van der Waals surface area contributed by atoms with Crippen LogP contribution in [0, 0.1) is 34.6 Å². The van der Waals surface area contributed by atoms with Gasteiger partial charge in [-0.2, -0.15) is 0 Å². The number of aryl methyl sites for hydroxylation is 5. The normalized spacial score (nSPS) is 11.5. The van der Waals surface area contributed by atoms with Crippen molar-refractivity contribution in [3.63, 3.8) is 0 Å². The van der Waals surface area contributed by atoms with Gasteiger partial charge in [0.05, 0.1) is 0 Å². The van der Waals surface area contributed by atoms with Crippen LogP contribution in [0.5, 0.6) is 0 Å². The fourth-order valence-electron chi connectivity index (χ4n) is 5.24. The summed E-state index contributed by atoms with van der Waals surface area (Å²) >= 11 is 0. The van der Waals surface area contributed by atoms with E-state index in [-0.39, 0.29) is 0 Å². The summed E-state index contributed by atoms with van der Waals surface area (Å²) in [7, 11) is 2.92. The van der Waals surface area contributed by atoms with Crippen molar-refractivity contribution in [3.8, 4) is 22.3 Å². The predicted octanol–water partition coefficient (Wildman–Crippen LogP) is 7.70. The minimum absolute atomic E-state index is 1.18. The molecule has 0 aliphatic carbocycles. The molecule has 0 saturated carbocycles. The molecule has 1 unspecified atom stereocenters. The van der Waals surface area contributed by atoms with E-state index in [9.17, 15) is 0 Å². The van der Waals surface area contributed by atoms with Gasteiger partial charge in [-0.1, -0.05) is 47.5 Å². The van der Waals surface area contributed by atoms with E-state index in [0.717, 1.165) is 0 Å². The molecular weight excluding hydrogens is 393 g/mol. The maximum atomic E-state index is 3.61. The van der Waals surface area contributed by atoms with Crippen molar-refractivity contribution >= 4 is 36.4 Å². The third-order valence-electron chi connectivity index (χ3n) is 6.36. The van der Waals surface area contributed by atoms with Crippen LogP contribution in [-0.2, 0) is 0 Å². The average molecular weight is 422 g/mol. The fourth-order valence-corrected chi connectivity index (χ4v) is 5.90. The second-order valence-corrected chi connectivity index (χ2v) is 9.59. The zero-order chi connectivity index (χ0) is 21.9. The van der Waals surface area contributed by atoms with Gasteiger partial charge in [-0.3, -0.25) is 0 Å². The van der Waals surface area contributed by atoms with Crippen molar-refractivity contribution in [3.05, 3.63) is 88.5 Å². The maximum Gasteiger partial charge on any atom is 0.0465 e. The monoisotopic (exact) mass is 421 g/mol. The molecule has 4 aromatic carbocycles. The molecule has 1 aromatic heterocycles. The molecule has 0 fully saturated rings. The van der Waals surface area contributed by atoms with Crippen molar-refractivity contribution in [2.24, 2.45) is 0 Å². The first-order valence-corrected chi connectivity index (χ1v) is 11.4. The lowest BCUT2D eigenvalue weighted by atomic mass is 9.92. The number of nitrogens with one attached hydrogen (secondary N) is 1. The highest BCUT2D eigenvalue weighted by Crippen LogP contribution is 2.35. The summed E-state index contributed by atoms with van der Waals surface area (Å²) in [5, 5.41) is 3.81. The van der Waals surface area contributed by atoms with E-state index in [1.807, 2.05) is 0 Å². The average Bonchev–Trinajstić information content (AvgIpc) is 3.04. The largest absolute Gasteiger partial charge is 0.355 e. The Balaban J connectivity index is 1.74. The number of rotatable bonds is 2. The van der Waals surface area contributed by atoms with Gasteiger partial charge < -0.3 is 4.98 Å². The standard InChI is InChI=1S/C29H28NP/c1-16-10-18(3)28(19(4)11-16)21-6-8-25-23(14-21)24-15-22(7-9-26(24)30-25)29-20(5)12-17(2)13-27(29)31/h6-15,30H,31H2,1-5H3. The van der Waals surface area contributed by atoms with Crippen LogP contribution in [0.1, 0.15) is 27.8 Å². The molecule has 154 valence electrons. The van der Waals surface area contributed by atoms with Gasteiger partial charge in [0, 0.05) is 21.8 Å². The van der Waals surface area contributed by atoms with Gasteiger partial charge in [-0.15, -0.1) is 9.24 Å². The third-order valence-corrected chi connectivity index (χ3v) is 6.82. The van der Waals surface area contributed by atoms with Crippen LogP contribution in [0.2, 0.25) is 0 Å². The quantitative estimate of drug-likeness (QED) is 0.281. The minimum Gasteiger partial charge on any atom is -0.355 e. The molecule has 5 aromatic rings. The van der Waals surface area contributed by atoms with Gasteiger partial charge in [0.15, 0.2) is 0 Å². The van der Waals surface area contributed by atoms with Crippen LogP contribution in [0.3, 0.4) is 0 Å². The van der Waals surface area contributed by atoms with Crippen molar-refractivity contribution in [2.45, 2.75) is 34.6 Å². The van der Waals surface area contributed by atoms with Crippen LogP contribution < -0.4 is 5.30 Å². The summed E-state index contributed by atoms with van der Waals surface area (Å²) in [5.41, 5.74) is 14.2. The summed E-state index contributed by atoms with van der Waals surface area (Å²) in [5.74, 6) is 0. The van der Waals surface area contributed by atoms with E-state index in [4.69, 9.17) is 0 Å². The third kappa shape index (κ3) is 3.38. The van der Waals surface area contributed by atoms with Crippen LogP contribution in [0.15, 0.2) is 60.7 Å². The summed E-state index contributed by atoms with van der Waals surface area (Å²) in [4.78, 5) is 3.61. The lowest BCUT2D eigenvalue weighted by Crippen LogP contribution is -2.01.